The fraction of sp³-hybridized carbons (Fsp3) is 0.417. The molecule has 0 radical (unpaired) electrons. The van der Waals surface area contributed by atoms with Crippen LogP contribution in [-0.4, -0.2) is 18.9 Å². The number of aliphatic imine (C=N–C) groups is 1. The molecule has 2 aliphatic rings. The van der Waals surface area contributed by atoms with E-state index in [2.05, 4.69) is 16.4 Å². The number of hydrogen-bond acceptors (Lipinski definition) is 3. The van der Waals surface area contributed by atoms with Gasteiger partial charge >= 0.3 is 0 Å². The van der Waals surface area contributed by atoms with Gasteiger partial charge in [-0.2, -0.15) is 0 Å². The normalized spacial score (nSPS) is 23.5. The molecule has 3 heteroatoms. The lowest BCUT2D eigenvalue weighted by Crippen LogP contribution is -2.24. The molecule has 0 amide bonds. The van der Waals surface area contributed by atoms with Crippen LogP contribution in [0.3, 0.4) is 0 Å². The van der Waals surface area contributed by atoms with Gasteiger partial charge in [0.25, 0.3) is 0 Å². The summed E-state index contributed by atoms with van der Waals surface area (Å²) in [6.45, 7) is 1.91. The van der Waals surface area contributed by atoms with Crippen LogP contribution in [0.1, 0.15) is 23.5 Å². The summed E-state index contributed by atoms with van der Waals surface area (Å²) in [5.41, 5.74) is 9.62. The van der Waals surface area contributed by atoms with Gasteiger partial charge in [-0.05, 0) is 30.0 Å². The number of hydrogen-bond donors (Lipinski definition) is 2. The molecule has 15 heavy (non-hydrogen) atoms. The van der Waals surface area contributed by atoms with Crippen LogP contribution in [0.25, 0.3) is 0 Å². The van der Waals surface area contributed by atoms with Crippen molar-refractivity contribution in [2.75, 3.05) is 18.8 Å². The van der Waals surface area contributed by atoms with E-state index in [0.717, 1.165) is 31.6 Å². The molecule has 0 aromatic heterocycles. The van der Waals surface area contributed by atoms with E-state index in [1.54, 1.807) is 0 Å². The number of nitrogens with one attached hydrogen (secondary N) is 1. The summed E-state index contributed by atoms with van der Waals surface area (Å²) in [7, 11) is 0. The second-order valence-corrected chi connectivity index (χ2v) is 4.20. The predicted molar refractivity (Wildman–Crippen MR) is 62.2 cm³/mol. The molecule has 3 nitrogen and oxygen atoms in total. The van der Waals surface area contributed by atoms with E-state index < -0.39 is 0 Å². The van der Waals surface area contributed by atoms with Crippen molar-refractivity contribution >= 4 is 11.5 Å². The number of anilines is 1. The summed E-state index contributed by atoms with van der Waals surface area (Å²) >= 11 is 0. The fourth-order valence-corrected chi connectivity index (χ4v) is 2.62. The van der Waals surface area contributed by atoms with Gasteiger partial charge in [0.2, 0.25) is 0 Å². The molecule has 1 heterocycles. The van der Waals surface area contributed by atoms with E-state index in [1.165, 1.54) is 17.0 Å². The number of nitrogens with zero attached hydrogens (tertiary/aromatic N) is 1. The maximum atomic E-state index is 5.97. The van der Waals surface area contributed by atoms with E-state index in [0.29, 0.717) is 5.92 Å². The summed E-state index contributed by atoms with van der Waals surface area (Å²) in [6, 6.07) is 6.22. The highest BCUT2D eigenvalue weighted by molar-refractivity contribution is 5.91. The average Bonchev–Trinajstić information content (AvgIpc) is 2.85. The van der Waals surface area contributed by atoms with E-state index >= 15 is 0 Å². The van der Waals surface area contributed by atoms with Gasteiger partial charge in [-0.15, -0.1) is 0 Å². The number of benzene rings is 1. The van der Waals surface area contributed by atoms with Gasteiger partial charge in [0.1, 0.15) is 5.84 Å². The summed E-state index contributed by atoms with van der Waals surface area (Å²) in [4.78, 5) is 4.51. The largest absolute Gasteiger partial charge is 0.398 e. The van der Waals surface area contributed by atoms with E-state index in [-0.39, 0.29) is 0 Å². The third-order valence-corrected chi connectivity index (χ3v) is 3.34. The fourth-order valence-electron chi connectivity index (χ4n) is 2.62. The van der Waals surface area contributed by atoms with E-state index in [9.17, 15) is 0 Å². The first kappa shape index (κ1) is 8.77. The molecular weight excluding hydrogens is 186 g/mol. The molecule has 78 valence electrons. The lowest BCUT2D eigenvalue weighted by atomic mass is 9.99. The third-order valence-electron chi connectivity index (χ3n) is 3.34. The molecule has 1 aliphatic heterocycles. The van der Waals surface area contributed by atoms with Crippen molar-refractivity contribution in [2.24, 2.45) is 4.99 Å². The lowest BCUT2D eigenvalue weighted by molar-refractivity contribution is 0.822. The molecule has 3 N–H and O–H groups in total. The molecule has 0 saturated heterocycles. The van der Waals surface area contributed by atoms with Crippen molar-refractivity contribution in [3.63, 3.8) is 0 Å². The van der Waals surface area contributed by atoms with Crippen LogP contribution in [0.15, 0.2) is 23.2 Å². The van der Waals surface area contributed by atoms with Gasteiger partial charge in [-0.3, -0.25) is 4.99 Å². The minimum absolute atomic E-state index is 0.464. The van der Waals surface area contributed by atoms with Crippen molar-refractivity contribution in [1.29, 1.82) is 0 Å². The molecule has 0 saturated carbocycles. The van der Waals surface area contributed by atoms with Gasteiger partial charge in [-0.25, -0.2) is 0 Å². The highest BCUT2D eigenvalue weighted by atomic mass is 15.1. The van der Waals surface area contributed by atoms with E-state index in [4.69, 9.17) is 5.73 Å². The Morgan fingerprint density at radius 1 is 1.40 bits per heavy atom. The molecule has 1 unspecified atom stereocenters. The van der Waals surface area contributed by atoms with Crippen molar-refractivity contribution in [1.82, 2.24) is 5.32 Å². The van der Waals surface area contributed by atoms with Crippen LogP contribution in [0.5, 0.6) is 0 Å². The summed E-state index contributed by atoms with van der Waals surface area (Å²) in [5, 5.41) is 3.37. The molecule has 0 spiro atoms. The van der Waals surface area contributed by atoms with Crippen molar-refractivity contribution in [2.45, 2.75) is 18.8 Å². The van der Waals surface area contributed by atoms with Crippen LogP contribution in [0.4, 0.5) is 5.69 Å². The molecule has 0 fully saturated rings. The zero-order valence-corrected chi connectivity index (χ0v) is 8.66. The maximum absolute atomic E-state index is 5.97. The summed E-state index contributed by atoms with van der Waals surface area (Å²) in [6.07, 6.45) is 2.24. The quantitative estimate of drug-likeness (QED) is 0.673. The Bertz CT molecular complexity index is 423. The number of nitrogens with two attached hydrogens (primary N) is 1. The predicted octanol–water partition coefficient (Wildman–Crippen LogP) is 1.30. The first-order valence-corrected chi connectivity index (χ1v) is 5.52. The Balaban J connectivity index is 2.01. The zero-order chi connectivity index (χ0) is 10.3. The molecule has 1 aliphatic carbocycles. The number of fused-ring (bicyclic) bond motifs is 1. The maximum Gasteiger partial charge on any atom is 0.104 e. The smallest absolute Gasteiger partial charge is 0.104 e. The molecule has 1 aromatic carbocycles. The second-order valence-electron chi connectivity index (χ2n) is 4.20. The van der Waals surface area contributed by atoms with Crippen LogP contribution in [0, 0.1) is 0 Å². The van der Waals surface area contributed by atoms with Gasteiger partial charge in [-0.1, -0.05) is 12.1 Å². The third kappa shape index (κ3) is 1.30. The number of rotatable bonds is 1. The van der Waals surface area contributed by atoms with Crippen molar-refractivity contribution < 1.29 is 0 Å². The lowest BCUT2D eigenvalue weighted by Gasteiger charge is -2.12. The highest BCUT2D eigenvalue weighted by Crippen LogP contribution is 2.36. The molecular formula is C12H15N3. The average molecular weight is 201 g/mol. The Labute approximate surface area is 89.4 Å². The summed E-state index contributed by atoms with van der Waals surface area (Å²) in [5.74, 6) is 1.63. The van der Waals surface area contributed by atoms with Gasteiger partial charge < -0.3 is 11.1 Å². The van der Waals surface area contributed by atoms with Crippen molar-refractivity contribution in [3.05, 3.63) is 29.3 Å². The van der Waals surface area contributed by atoms with Crippen LogP contribution >= 0.6 is 0 Å². The minimum atomic E-state index is 0.464. The standard InChI is InChI=1S/C12H15N3/c13-11-3-1-2-8-9(11)4-5-10(8)12-14-6-7-15-12/h1-3,10H,4-7,13H2,(H,14,15). The van der Waals surface area contributed by atoms with Crippen molar-refractivity contribution in [3.8, 4) is 0 Å². The second kappa shape index (κ2) is 3.26. The first-order valence-electron chi connectivity index (χ1n) is 5.52. The zero-order valence-electron chi connectivity index (χ0n) is 8.66. The first-order chi connectivity index (χ1) is 7.36. The Morgan fingerprint density at radius 3 is 3.13 bits per heavy atom. The Hall–Kier alpha value is -1.51. The topological polar surface area (TPSA) is 50.4 Å². The molecule has 3 rings (SSSR count). The monoisotopic (exact) mass is 201 g/mol. The highest BCUT2D eigenvalue weighted by Gasteiger charge is 2.28. The SMILES string of the molecule is Nc1cccc2c1CCC2C1=NCCN1. The number of amidine groups is 1. The van der Waals surface area contributed by atoms with Crippen LogP contribution in [-0.2, 0) is 6.42 Å². The molecule has 1 aromatic rings. The molecule has 1 atom stereocenters. The number of nitrogen functional groups attached to an aromatic ring is 1. The van der Waals surface area contributed by atoms with Crippen LogP contribution < -0.4 is 11.1 Å². The molecule has 0 bridgehead atoms. The van der Waals surface area contributed by atoms with Gasteiger partial charge in [0, 0.05) is 18.2 Å². The Kier molecular flexibility index (Phi) is 1.91. The summed E-state index contributed by atoms with van der Waals surface area (Å²) < 4.78 is 0. The minimum Gasteiger partial charge on any atom is -0.398 e. The van der Waals surface area contributed by atoms with Gasteiger partial charge in [0.15, 0.2) is 0 Å². The Morgan fingerprint density at radius 2 is 2.33 bits per heavy atom. The van der Waals surface area contributed by atoms with Crippen LogP contribution in [0.2, 0.25) is 0 Å². The van der Waals surface area contributed by atoms with E-state index in [1.807, 2.05) is 12.1 Å². The van der Waals surface area contributed by atoms with Gasteiger partial charge in [0.05, 0.1) is 6.54 Å².